The van der Waals surface area contributed by atoms with Gasteiger partial charge < -0.3 is 11.6 Å². The third-order valence-electron chi connectivity index (χ3n) is 13.0. The smallest absolute Gasteiger partial charge is 1.00 e. The van der Waals surface area contributed by atoms with Crippen LogP contribution in [-0.2, 0) is 6.42 Å². The van der Waals surface area contributed by atoms with Gasteiger partial charge in [0.1, 0.15) is 11.3 Å². The van der Waals surface area contributed by atoms with Crippen molar-refractivity contribution in [2.45, 2.75) is 167 Å². The van der Waals surface area contributed by atoms with Crippen molar-refractivity contribution in [3.8, 4) is 11.4 Å². The van der Waals surface area contributed by atoms with E-state index in [9.17, 15) is 4.79 Å². The zero-order chi connectivity index (χ0) is 47.9. The Morgan fingerprint density at radius 2 is 1.17 bits per heavy atom. The second kappa shape index (κ2) is 23.9. The van der Waals surface area contributed by atoms with Gasteiger partial charge in [0.15, 0.2) is 5.78 Å². The molecule has 0 spiro atoms. The van der Waals surface area contributed by atoms with Gasteiger partial charge in [-0.2, -0.15) is 12.6 Å². The molecule has 0 aliphatic carbocycles. The molecule has 10 heteroatoms. The Labute approximate surface area is 417 Å². The van der Waals surface area contributed by atoms with Gasteiger partial charge in [0.2, 0.25) is 0 Å². The number of nitrogens with zero attached hydrogens (tertiary/aromatic N) is 5. The standard InChI is InChI=1S/C27H36ClN3O.C27H37N3.CH4S.Li.H/c1-8-10-21(11-9-2)30-22-14-19(6)29-27-25(22)24(23(32)15-28)20(7)31(27)26-17(4)12-16(3)13-18(26)5;1-8-10-22(11-9-2)29-13-12-23-21(7)30(26-18(4)14-17(3)15-19(26)5)27-25(23)24(29)16-20(6)28-27;1-2;;/h12-14,21H,8-11,15H2,1-7H3,(H,29,30);14-16,22H,8-13H2,1-7H3;2H,1H3;;/q;;;+1;-1/i;;1D;;. The molecule has 5 heterocycles. The fourth-order valence-electron chi connectivity index (χ4n) is 10.8. The van der Waals surface area contributed by atoms with E-state index >= 15 is 0 Å². The third kappa shape index (κ3) is 11.2. The first-order valence-corrected chi connectivity index (χ1v) is 24.9. The summed E-state index contributed by atoms with van der Waals surface area (Å²) in [5, 5.41) is 6.04. The molecule has 0 bridgehead atoms. The summed E-state index contributed by atoms with van der Waals surface area (Å²) >= 11 is 9.54. The number of carbonyl (C=O) groups is 1. The maximum absolute atomic E-state index is 13.1. The summed E-state index contributed by atoms with van der Waals surface area (Å²) < 4.78 is 10.7. The Kier molecular flexibility index (Phi) is 19.2. The molecule has 7 rings (SSSR count). The SMILES string of the molecule is CCCC(CCC)N1CCc2c(C)n(-c3c(C)cc(C)cc3C)c3nc(C)cc1c23.CCCC(CCC)Nc1cc(C)nc2c1c(C(=O)CCl)c(C)n2-c1c(C)cc(C)cc1C.[2H]CS.[H-].[Li+]. The van der Waals surface area contributed by atoms with Gasteiger partial charge in [-0.15, -0.1) is 11.6 Å². The first-order valence-electron chi connectivity index (χ1n) is 24.5. The molecule has 1 N–H and O–H groups in total. The van der Waals surface area contributed by atoms with Gasteiger partial charge in [-0.3, -0.25) is 13.9 Å². The summed E-state index contributed by atoms with van der Waals surface area (Å²) in [7, 11) is 0. The maximum atomic E-state index is 13.1. The van der Waals surface area contributed by atoms with E-state index in [2.05, 4.69) is 151 Å². The van der Waals surface area contributed by atoms with Crippen molar-refractivity contribution in [1.29, 1.82) is 0 Å². The molecular weight excluding hydrogens is 835 g/mol. The molecule has 0 fully saturated rings. The molecule has 0 atom stereocenters. The second-order valence-corrected chi connectivity index (χ2v) is 18.6. The molecule has 1 aliphatic rings. The molecule has 0 amide bonds. The Morgan fingerprint density at radius 3 is 1.63 bits per heavy atom. The van der Waals surface area contributed by atoms with Crippen LogP contribution in [-0.4, -0.2) is 55.6 Å². The average Bonchev–Trinajstić information content (AvgIpc) is 3.67. The van der Waals surface area contributed by atoms with Crippen LogP contribution in [0.5, 0.6) is 0 Å². The van der Waals surface area contributed by atoms with Crippen molar-refractivity contribution in [2.24, 2.45) is 0 Å². The van der Waals surface area contributed by atoms with Crippen LogP contribution in [0.2, 0.25) is 0 Å². The Bertz CT molecular complexity index is 2580. The summed E-state index contributed by atoms with van der Waals surface area (Å²) in [6, 6.07) is 14.4. The molecule has 65 heavy (non-hydrogen) atoms. The number of benzene rings is 2. The van der Waals surface area contributed by atoms with Gasteiger partial charge in [-0.05, 0) is 148 Å². The van der Waals surface area contributed by atoms with E-state index in [0.29, 0.717) is 17.6 Å². The minimum Gasteiger partial charge on any atom is -1.00 e. The van der Waals surface area contributed by atoms with Crippen molar-refractivity contribution in [1.82, 2.24) is 19.1 Å². The van der Waals surface area contributed by atoms with Gasteiger partial charge >= 0.3 is 18.9 Å². The predicted molar refractivity (Wildman–Crippen MR) is 282 cm³/mol. The number of Topliss-reactive ketones (excluding diaryl/α,β-unsaturated/α-hetero) is 1. The molecule has 348 valence electrons. The van der Waals surface area contributed by atoms with E-state index in [1.807, 2.05) is 13.8 Å². The summed E-state index contributed by atoms with van der Waals surface area (Å²) in [4.78, 5) is 25.8. The third-order valence-corrected chi connectivity index (χ3v) is 13.3. The molecule has 0 saturated heterocycles. The summed E-state index contributed by atoms with van der Waals surface area (Å²) in [5.41, 5.74) is 20.8. The van der Waals surface area contributed by atoms with Crippen LogP contribution in [0.25, 0.3) is 33.4 Å². The number of alkyl halides is 1. The Morgan fingerprint density at radius 1 is 0.723 bits per heavy atom. The molecule has 7 nitrogen and oxygen atoms in total. The van der Waals surface area contributed by atoms with Crippen LogP contribution in [0.4, 0.5) is 11.4 Å². The van der Waals surface area contributed by atoms with Crippen LogP contribution < -0.4 is 29.1 Å². The second-order valence-electron chi connectivity index (χ2n) is 18.3. The number of aromatic nitrogens is 4. The van der Waals surface area contributed by atoms with E-state index in [-0.39, 0.29) is 38.2 Å². The summed E-state index contributed by atoms with van der Waals surface area (Å²) in [6.07, 6.45) is 10.7. The zero-order valence-electron chi connectivity index (χ0n) is 44.6. The van der Waals surface area contributed by atoms with Crippen LogP contribution >= 0.6 is 24.2 Å². The number of aryl methyl sites for hydroxylation is 8. The molecule has 0 saturated carbocycles. The summed E-state index contributed by atoms with van der Waals surface area (Å²) in [5.74, 6) is -0.112. The largest absolute Gasteiger partial charge is 1.00 e. The van der Waals surface area contributed by atoms with Crippen molar-refractivity contribution in [3.63, 3.8) is 0 Å². The Hall–Kier alpha value is -3.67. The van der Waals surface area contributed by atoms with Gasteiger partial charge in [0.25, 0.3) is 0 Å². The number of nitrogens with one attached hydrogen (secondary N) is 1. The van der Waals surface area contributed by atoms with Gasteiger partial charge in [0.05, 0.1) is 33.9 Å². The van der Waals surface area contributed by atoms with Crippen molar-refractivity contribution in [2.75, 3.05) is 28.9 Å². The topological polar surface area (TPSA) is 68.0 Å². The monoisotopic (exact) mass is 914 g/mol. The van der Waals surface area contributed by atoms with Crippen LogP contribution in [0, 0.1) is 69.2 Å². The number of fused-ring (bicyclic) bond motifs is 1. The molecular formula is C55H78ClLiN6OS. The summed E-state index contributed by atoms with van der Waals surface area (Å²) in [6.45, 7) is 31.7. The fourth-order valence-corrected chi connectivity index (χ4v) is 10.9. The number of anilines is 2. The minimum atomic E-state index is -0.0634. The zero-order valence-corrected chi connectivity index (χ0v) is 44.2. The molecule has 0 radical (unpaired) electrons. The number of ketones is 1. The fraction of sp³-hybridized carbons (Fsp3) is 0.509. The van der Waals surface area contributed by atoms with Gasteiger partial charge in [-0.1, -0.05) is 88.8 Å². The van der Waals surface area contributed by atoms with E-state index < -0.39 is 0 Å². The van der Waals surface area contributed by atoms with E-state index in [1.165, 1.54) is 87.1 Å². The normalized spacial score (nSPS) is 12.3. The number of pyridine rings is 2. The van der Waals surface area contributed by atoms with Crippen LogP contribution in [0.1, 0.15) is 154 Å². The van der Waals surface area contributed by atoms with Crippen molar-refractivity contribution < 1.29 is 26.5 Å². The van der Waals surface area contributed by atoms with E-state index in [1.54, 1.807) is 0 Å². The quantitative estimate of drug-likeness (QED) is 0.0465. The van der Waals surface area contributed by atoms with Gasteiger partial charge in [0, 0.05) is 53.8 Å². The van der Waals surface area contributed by atoms with Gasteiger partial charge in [-0.25, -0.2) is 9.97 Å². The first kappa shape index (κ1) is 52.3. The van der Waals surface area contributed by atoms with E-state index in [0.717, 1.165) is 83.8 Å². The number of hydrogen-bond acceptors (Lipinski definition) is 6. The van der Waals surface area contributed by atoms with Crippen molar-refractivity contribution in [3.05, 3.63) is 104 Å². The van der Waals surface area contributed by atoms with Crippen molar-refractivity contribution >= 4 is 63.5 Å². The molecule has 2 aromatic carbocycles. The van der Waals surface area contributed by atoms with E-state index in [4.69, 9.17) is 22.9 Å². The maximum Gasteiger partial charge on any atom is 1.00 e. The Balaban J connectivity index is 0.000000327. The number of carbonyl (C=O) groups excluding carboxylic acids is 1. The molecule has 0 unspecified atom stereocenters. The predicted octanol–water partition coefficient (Wildman–Crippen LogP) is 11.9. The number of hydrogen-bond donors (Lipinski definition) is 2. The first-order chi connectivity index (χ1) is 31.0. The average molecular weight is 915 g/mol. The molecule has 6 aromatic rings. The molecule has 1 aliphatic heterocycles. The number of thiol groups is 1. The van der Waals surface area contributed by atoms with Crippen LogP contribution in [0.15, 0.2) is 36.4 Å². The number of halogens is 1. The minimum absolute atomic E-state index is 0. The van der Waals surface area contributed by atoms with Crippen LogP contribution in [0.3, 0.4) is 0 Å². The number of rotatable bonds is 15. The molecule has 4 aromatic heterocycles.